The maximum Gasteiger partial charge on any atom is 0.0951 e. The number of benzene rings is 1. The van der Waals surface area contributed by atoms with Crippen LogP contribution in [0.15, 0.2) is 28.7 Å². The highest BCUT2D eigenvalue weighted by molar-refractivity contribution is 9.10. The first-order valence-corrected chi connectivity index (χ1v) is 6.70. The van der Waals surface area contributed by atoms with Crippen molar-refractivity contribution in [3.8, 4) is 0 Å². The van der Waals surface area contributed by atoms with Crippen molar-refractivity contribution < 1.29 is 4.74 Å². The summed E-state index contributed by atoms with van der Waals surface area (Å²) in [5.74, 6) is 0. The quantitative estimate of drug-likeness (QED) is 0.919. The van der Waals surface area contributed by atoms with E-state index < -0.39 is 0 Å². The van der Waals surface area contributed by atoms with Gasteiger partial charge in [-0.1, -0.05) is 40.9 Å². The third-order valence-electron chi connectivity index (χ3n) is 3.09. The van der Waals surface area contributed by atoms with Gasteiger partial charge in [0, 0.05) is 11.0 Å². The van der Waals surface area contributed by atoms with Crippen molar-refractivity contribution in [1.29, 1.82) is 0 Å². The molecule has 16 heavy (non-hydrogen) atoms. The Bertz CT molecular complexity index is 336. The van der Waals surface area contributed by atoms with Gasteiger partial charge in [0.1, 0.15) is 0 Å². The molecule has 2 rings (SSSR count). The van der Waals surface area contributed by atoms with Crippen LogP contribution >= 0.6 is 15.9 Å². The van der Waals surface area contributed by atoms with E-state index in [0.717, 1.165) is 4.47 Å². The summed E-state index contributed by atoms with van der Waals surface area (Å²) < 4.78 is 7.14. The lowest BCUT2D eigenvalue weighted by molar-refractivity contribution is -0.00439. The molecule has 3 heteroatoms. The summed E-state index contributed by atoms with van der Waals surface area (Å²) in [6.07, 6.45) is 5.41. The molecule has 1 fully saturated rings. The maximum atomic E-state index is 6.06. The topological polar surface area (TPSA) is 35.2 Å². The highest BCUT2D eigenvalue weighted by Gasteiger charge is 2.20. The van der Waals surface area contributed by atoms with Crippen molar-refractivity contribution in [3.63, 3.8) is 0 Å². The Kier molecular flexibility index (Phi) is 4.38. The molecule has 1 aliphatic rings. The van der Waals surface area contributed by atoms with Crippen molar-refractivity contribution in [3.05, 3.63) is 34.3 Å². The van der Waals surface area contributed by atoms with Crippen LogP contribution in [0.3, 0.4) is 0 Å². The van der Waals surface area contributed by atoms with Gasteiger partial charge in [-0.15, -0.1) is 0 Å². The second-order valence-corrected chi connectivity index (χ2v) is 5.24. The maximum absolute atomic E-state index is 6.06. The number of hydrogen-bond acceptors (Lipinski definition) is 2. The third-order valence-corrected chi connectivity index (χ3v) is 3.59. The summed E-state index contributed by atoms with van der Waals surface area (Å²) in [4.78, 5) is 0. The smallest absolute Gasteiger partial charge is 0.0951 e. The molecular weight excluding hydrogens is 266 g/mol. The van der Waals surface area contributed by atoms with Crippen LogP contribution in [0.5, 0.6) is 0 Å². The summed E-state index contributed by atoms with van der Waals surface area (Å²) in [6, 6.07) is 8.22. The van der Waals surface area contributed by atoms with Gasteiger partial charge in [0.2, 0.25) is 0 Å². The summed E-state index contributed by atoms with van der Waals surface area (Å²) in [5, 5.41) is 0. The lowest BCUT2D eigenvalue weighted by Gasteiger charge is -2.21. The molecule has 1 saturated carbocycles. The first kappa shape index (κ1) is 12.1. The van der Waals surface area contributed by atoms with Crippen molar-refractivity contribution in [2.75, 3.05) is 6.54 Å². The molecule has 0 radical (unpaired) electrons. The van der Waals surface area contributed by atoms with Crippen LogP contribution in [-0.4, -0.2) is 12.6 Å². The molecule has 2 N–H and O–H groups in total. The molecule has 2 nitrogen and oxygen atoms in total. The van der Waals surface area contributed by atoms with Crippen LogP contribution in [0.4, 0.5) is 0 Å². The van der Waals surface area contributed by atoms with Gasteiger partial charge in [0.05, 0.1) is 12.2 Å². The molecule has 0 aliphatic heterocycles. The second kappa shape index (κ2) is 5.80. The van der Waals surface area contributed by atoms with Gasteiger partial charge in [-0.25, -0.2) is 0 Å². The first-order valence-electron chi connectivity index (χ1n) is 5.90. The average molecular weight is 284 g/mol. The van der Waals surface area contributed by atoms with Gasteiger partial charge in [0.25, 0.3) is 0 Å². The number of halogens is 1. The zero-order chi connectivity index (χ0) is 11.4. The van der Waals surface area contributed by atoms with Crippen LogP contribution in [0.1, 0.15) is 37.4 Å². The zero-order valence-corrected chi connectivity index (χ0v) is 10.9. The fourth-order valence-electron chi connectivity index (χ4n) is 2.23. The Hall–Kier alpha value is -0.380. The minimum atomic E-state index is 0.0422. The van der Waals surface area contributed by atoms with Gasteiger partial charge < -0.3 is 10.5 Å². The molecule has 0 spiro atoms. The molecule has 0 saturated heterocycles. The SMILES string of the molecule is NCC(OC1CCCC1)c1cccc(Br)c1. The molecule has 0 bridgehead atoms. The first-order chi connectivity index (χ1) is 7.79. The summed E-state index contributed by atoms with van der Waals surface area (Å²) in [5.41, 5.74) is 6.96. The van der Waals surface area contributed by atoms with E-state index in [9.17, 15) is 0 Å². The van der Waals surface area contributed by atoms with E-state index in [0.29, 0.717) is 12.6 Å². The van der Waals surface area contributed by atoms with Crippen molar-refractivity contribution in [1.82, 2.24) is 0 Å². The van der Waals surface area contributed by atoms with Gasteiger partial charge in [-0.3, -0.25) is 0 Å². The minimum absolute atomic E-state index is 0.0422. The van der Waals surface area contributed by atoms with Crippen molar-refractivity contribution in [2.24, 2.45) is 5.73 Å². The minimum Gasteiger partial charge on any atom is -0.369 e. The fourth-order valence-corrected chi connectivity index (χ4v) is 2.65. The molecule has 0 amide bonds. The van der Waals surface area contributed by atoms with Gasteiger partial charge in [-0.05, 0) is 30.5 Å². The van der Waals surface area contributed by atoms with Crippen LogP contribution < -0.4 is 5.73 Å². The molecule has 1 atom stereocenters. The van der Waals surface area contributed by atoms with E-state index in [-0.39, 0.29) is 6.10 Å². The molecule has 0 heterocycles. The van der Waals surface area contributed by atoms with Crippen LogP contribution in [-0.2, 0) is 4.74 Å². The number of hydrogen-bond donors (Lipinski definition) is 1. The number of rotatable bonds is 4. The van der Waals surface area contributed by atoms with Crippen LogP contribution in [0.25, 0.3) is 0 Å². The van der Waals surface area contributed by atoms with E-state index in [1.165, 1.54) is 31.2 Å². The molecule has 88 valence electrons. The molecule has 1 aromatic carbocycles. The van der Waals surface area contributed by atoms with Crippen molar-refractivity contribution >= 4 is 15.9 Å². The monoisotopic (exact) mass is 283 g/mol. The van der Waals surface area contributed by atoms with Gasteiger partial charge in [-0.2, -0.15) is 0 Å². The van der Waals surface area contributed by atoms with E-state index in [4.69, 9.17) is 10.5 Å². The Morgan fingerprint density at radius 2 is 2.12 bits per heavy atom. The Balaban J connectivity index is 2.03. The van der Waals surface area contributed by atoms with Crippen LogP contribution in [0, 0.1) is 0 Å². The second-order valence-electron chi connectivity index (χ2n) is 4.32. The molecule has 0 aromatic heterocycles. The average Bonchev–Trinajstić information content (AvgIpc) is 2.78. The van der Waals surface area contributed by atoms with E-state index in [1.54, 1.807) is 0 Å². The van der Waals surface area contributed by atoms with Crippen molar-refractivity contribution in [2.45, 2.75) is 37.9 Å². The Morgan fingerprint density at radius 3 is 2.75 bits per heavy atom. The number of ether oxygens (including phenoxy) is 1. The zero-order valence-electron chi connectivity index (χ0n) is 9.36. The van der Waals surface area contributed by atoms with E-state index in [2.05, 4.69) is 28.1 Å². The Morgan fingerprint density at radius 1 is 1.38 bits per heavy atom. The van der Waals surface area contributed by atoms with Crippen LogP contribution in [0.2, 0.25) is 0 Å². The highest BCUT2D eigenvalue weighted by Crippen LogP contribution is 2.28. The van der Waals surface area contributed by atoms with E-state index in [1.807, 2.05) is 12.1 Å². The van der Waals surface area contributed by atoms with Gasteiger partial charge in [0.15, 0.2) is 0 Å². The fraction of sp³-hybridized carbons (Fsp3) is 0.538. The molecule has 1 aliphatic carbocycles. The van der Waals surface area contributed by atoms with E-state index >= 15 is 0 Å². The third kappa shape index (κ3) is 3.06. The van der Waals surface area contributed by atoms with Gasteiger partial charge >= 0.3 is 0 Å². The molecular formula is C13H18BrNO. The lowest BCUT2D eigenvalue weighted by atomic mass is 10.1. The largest absolute Gasteiger partial charge is 0.369 e. The summed E-state index contributed by atoms with van der Waals surface area (Å²) in [6.45, 7) is 0.549. The summed E-state index contributed by atoms with van der Waals surface area (Å²) >= 11 is 3.48. The standard InChI is InChI=1S/C13H18BrNO/c14-11-5-3-4-10(8-11)13(9-15)16-12-6-1-2-7-12/h3-5,8,12-13H,1-2,6-7,9,15H2. The normalized spacial score (nSPS) is 18.9. The number of nitrogens with two attached hydrogens (primary N) is 1. The predicted molar refractivity (Wildman–Crippen MR) is 69.3 cm³/mol. The predicted octanol–water partition coefficient (Wildman–Crippen LogP) is 3.41. The molecule has 1 unspecified atom stereocenters. The lowest BCUT2D eigenvalue weighted by Crippen LogP contribution is -2.20. The Labute approximate surface area is 105 Å². The highest BCUT2D eigenvalue weighted by atomic mass is 79.9. The molecule has 1 aromatic rings. The summed E-state index contributed by atoms with van der Waals surface area (Å²) in [7, 11) is 0.